The van der Waals surface area contributed by atoms with Gasteiger partial charge in [0.15, 0.2) is 0 Å². The van der Waals surface area contributed by atoms with Crippen LogP contribution in [0.15, 0.2) is 15.9 Å². The fourth-order valence-corrected chi connectivity index (χ4v) is 3.28. The van der Waals surface area contributed by atoms with E-state index < -0.39 is 0 Å². The normalized spacial score (nSPS) is 14.1. The van der Waals surface area contributed by atoms with E-state index in [4.69, 9.17) is 11.6 Å². The quantitative estimate of drug-likeness (QED) is 0.778. The Morgan fingerprint density at radius 2 is 2.19 bits per heavy atom. The first-order chi connectivity index (χ1) is 7.45. The third-order valence-electron chi connectivity index (χ3n) is 2.64. The number of alkyl halides is 1. The smallest absolute Gasteiger partial charge is 0.0327 e. The summed E-state index contributed by atoms with van der Waals surface area (Å²) in [5, 5.41) is 5.71. The van der Waals surface area contributed by atoms with Crippen LogP contribution in [0.1, 0.15) is 32.1 Å². The first-order valence-corrected chi connectivity index (χ1v) is 7.67. The highest BCUT2D eigenvalue weighted by Gasteiger charge is 2.23. The van der Waals surface area contributed by atoms with Crippen molar-refractivity contribution in [3.05, 3.63) is 20.8 Å². The fourth-order valence-electron chi connectivity index (χ4n) is 1.62. The minimum atomic E-state index is 0.249. The maximum absolute atomic E-state index is 5.85. The van der Waals surface area contributed by atoms with Gasteiger partial charge in [-0.2, -0.15) is 0 Å². The monoisotopic (exact) mass is 323 g/mol. The highest BCUT2D eigenvalue weighted by Crippen LogP contribution is 2.25. The topological polar surface area (TPSA) is 12.0 Å². The zero-order valence-corrected chi connectivity index (χ0v) is 13.2. The van der Waals surface area contributed by atoms with Crippen molar-refractivity contribution in [3.63, 3.8) is 0 Å². The Hall–Kier alpha value is 0.430. The molecule has 0 aromatic carbocycles. The Morgan fingerprint density at radius 1 is 1.50 bits per heavy atom. The molecule has 1 unspecified atom stereocenters. The molecule has 0 fully saturated rings. The van der Waals surface area contributed by atoms with Gasteiger partial charge in [0, 0.05) is 27.8 Å². The summed E-state index contributed by atoms with van der Waals surface area (Å²) in [5.74, 6) is 0.709. The molecule has 1 atom stereocenters. The molecular weight excluding hydrogens is 306 g/mol. The van der Waals surface area contributed by atoms with E-state index in [1.807, 2.05) is 0 Å². The second-order valence-electron chi connectivity index (χ2n) is 4.97. The molecule has 0 aliphatic rings. The third-order valence-corrected chi connectivity index (χ3v) is 4.79. The van der Waals surface area contributed by atoms with E-state index in [1.165, 1.54) is 9.35 Å². The maximum atomic E-state index is 5.85. The van der Waals surface area contributed by atoms with Gasteiger partial charge in [-0.3, -0.25) is 0 Å². The number of hydrogen-bond acceptors (Lipinski definition) is 2. The molecule has 0 amide bonds. The Morgan fingerprint density at radius 3 is 2.62 bits per heavy atom. The average molecular weight is 325 g/mol. The van der Waals surface area contributed by atoms with Gasteiger partial charge in [0.1, 0.15) is 0 Å². The highest BCUT2D eigenvalue weighted by molar-refractivity contribution is 9.10. The van der Waals surface area contributed by atoms with E-state index in [2.05, 4.69) is 53.5 Å². The molecule has 0 radical (unpaired) electrons. The molecule has 0 aliphatic carbocycles. The van der Waals surface area contributed by atoms with Gasteiger partial charge in [0.05, 0.1) is 0 Å². The standard InChI is InChI=1S/C12H19BrClNS/c1-12(2,3)11(4-6-14)15-8-10-9(13)5-7-16-10/h5,7,11,15H,4,6,8H2,1-3H3. The van der Waals surface area contributed by atoms with Gasteiger partial charge >= 0.3 is 0 Å². The second kappa shape index (κ2) is 6.39. The molecule has 0 saturated carbocycles. The number of nitrogens with one attached hydrogen (secondary N) is 1. The van der Waals surface area contributed by atoms with Crippen molar-refractivity contribution >= 4 is 38.9 Å². The van der Waals surface area contributed by atoms with E-state index in [0.717, 1.165) is 13.0 Å². The summed E-state index contributed by atoms with van der Waals surface area (Å²) < 4.78 is 1.20. The number of hydrogen-bond donors (Lipinski definition) is 1. The van der Waals surface area contributed by atoms with Crippen LogP contribution in [-0.4, -0.2) is 11.9 Å². The second-order valence-corrected chi connectivity index (χ2v) is 7.20. The van der Waals surface area contributed by atoms with Crippen LogP contribution in [0.5, 0.6) is 0 Å². The molecule has 1 rings (SSSR count). The van der Waals surface area contributed by atoms with Gasteiger partial charge in [0.25, 0.3) is 0 Å². The van der Waals surface area contributed by atoms with E-state index in [9.17, 15) is 0 Å². The molecular formula is C12H19BrClNS. The summed E-state index contributed by atoms with van der Waals surface area (Å²) in [7, 11) is 0. The molecule has 92 valence electrons. The minimum absolute atomic E-state index is 0.249. The Bertz CT molecular complexity index is 319. The van der Waals surface area contributed by atoms with Crippen LogP contribution in [0.3, 0.4) is 0 Å². The molecule has 0 aliphatic heterocycles. The Balaban J connectivity index is 2.54. The lowest BCUT2D eigenvalue weighted by atomic mass is 9.85. The average Bonchev–Trinajstić information content (AvgIpc) is 2.57. The first kappa shape index (κ1) is 14.5. The molecule has 0 spiro atoms. The van der Waals surface area contributed by atoms with Gasteiger partial charge < -0.3 is 5.32 Å². The molecule has 1 aromatic rings. The van der Waals surface area contributed by atoms with Crippen molar-refractivity contribution in [1.82, 2.24) is 5.32 Å². The highest BCUT2D eigenvalue weighted by atomic mass is 79.9. The summed E-state index contributed by atoms with van der Waals surface area (Å²) in [4.78, 5) is 1.35. The minimum Gasteiger partial charge on any atom is -0.308 e. The molecule has 4 heteroatoms. The summed E-state index contributed by atoms with van der Waals surface area (Å²) in [5.41, 5.74) is 0.249. The fraction of sp³-hybridized carbons (Fsp3) is 0.667. The summed E-state index contributed by atoms with van der Waals surface area (Å²) in [6, 6.07) is 2.55. The lowest BCUT2D eigenvalue weighted by Crippen LogP contribution is -2.40. The van der Waals surface area contributed by atoms with Crippen molar-refractivity contribution in [2.75, 3.05) is 5.88 Å². The molecule has 1 nitrogen and oxygen atoms in total. The van der Waals surface area contributed by atoms with Crippen molar-refractivity contribution in [1.29, 1.82) is 0 Å². The summed E-state index contributed by atoms with van der Waals surface area (Å²) in [6.45, 7) is 7.67. The van der Waals surface area contributed by atoms with Crippen LogP contribution in [0, 0.1) is 5.41 Å². The molecule has 1 N–H and O–H groups in total. The molecule has 1 heterocycles. The van der Waals surface area contributed by atoms with E-state index in [0.29, 0.717) is 11.9 Å². The Labute approximate surface area is 116 Å². The van der Waals surface area contributed by atoms with Gasteiger partial charge in [0.2, 0.25) is 0 Å². The molecule has 1 aromatic heterocycles. The van der Waals surface area contributed by atoms with E-state index >= 15 is 0 Å². The number of thiophene rings is 1. The van der Waals surface area contributed by atoms with Crippen molar-refractivity contribution in [2.24, 2.45) is 5.41 Å². The first-order valence-electron chi connectivity index (χ1n) is 5.46. The van der Waals surface area contributed by atoms with Gasteiger partial charge in [-0.05, 0) is 39.2 Å². The van der Waals surface area contributed by atoms with E-state index in [1.54, 1.807) is 11.3 Å². The van der Waals surface area contributed by atoms with Crippen LogP contribution >= 0.6 is 38.9 Å². The van der Waals surface area contributed by atoms with Crippen LogP contribution in [-0.2, 0) is 6.54 Å². The number of rotatable bonds is 5. The van der Waals surface area contributed by atoms with E-state index in [-0.39, 0.29) is 5.41 Å². The summed E-state index contributed by atoms with van der Waals surface area (Å²) in [6.07, 6.45) is 1.01. The molecule has 16 heavy (non-hydrogen) atoms. The molecule has 0 saturated heterocycles. The molecule has 0 bridgehead atoms. The largest absolute Gasteiger partial charge is 0.308 e. The van der Waals surface area contributed by atoms with Crippen molar-refractivity contribution < 1.29 is 0 Å². The van der Waals surface area contributed by atoms with Crippen LogP contribution in [0.4, 0.5) is 0 Å². The zero-order chi connectivity index (χ0) is 12.2. The Kier molecular flexibility index (Phi) is 5.78. The van der Waals surface area contributed by atoms with Crippen LogP contribution in [0.25, 0.3) is 0 Å². The van der Waals surface area contributed by atoms with Crippen LogP contribution < -0.4 is 5.32 Å². The SMILES string of the molecule is CC(C)(C)C(CCCl)NCc1sccc1Br. The van der Waals surface area contributed by atoms with Gasteiger partial charge in [-0.15, -0.1) is 22.9 Å². The third kappa shape index (κ3) is 4.36. The zero-order valence-electron chi connectivity index (χ0n) is 10.0. The summed E-state index contributed by atoms with van der Waals surface area (Å²) >= 11 is 11.2. The predicted octanol–water partition coefficient (Wildman–Crippen LogP) is 4.64. The lowest BCUT2D eigenvalue weighted by Gasteiger charge is -2.31. The van der Waals surface area contributed by atoms with Crippen LogP contribution in [0.2, 0.25) is 0 Å². The maximum Gasteiger partial charge on any atom is 0.0327 e. The van der Waals surface area contributed by atoms with Crippen molar-refractivity contribution in [2.45, 2.75) is 39.8 Å². The predicted molar refractivity (Wildman–Crippen MR) is 77.4 cm³/mol. The van der Waals surface area contributed by atoms with Gasteiger partial charge in [-0.1, -0.05) is 20.8 Å². The van der Waals surface area contributed by atoms with Gasteiger partial charge in [-0.25, -0.2) is 0 Å². The number of halogens is 2. The lowest BCUT2D eigenvalue weighted by molar-refractivity contribution is 0.261. The van der Waals surface area contributed by atoms with Crippen molar-refractivity contribution in [3.8, 4) is 0 Å².